The lowest BCUT2D eigenvalue weighted by atomic mass is 9.99. The van der Waals surface area contributed by atoms with E-state index in [0.717, 1.165) is 4.31 Å². The number of carbonyl (C=O) groups is 1. The second-order valence-electron chi connectivity index (χ2n) is 10.3. The van der Waals surface area contributed by atoms with E-state index in [1.54, 1.807) is 14.0 Å². The monoisotopic (exact) mass is 621 g/mol. The van der Waals surface area contributed by atoms with Crippen LogP contribution >= 0.6 is 0 Å². The fourth-order valence-electron chi connectivity index (χ4n) is 4.51. The lowest BCUT2D eigenvalue weighted by Gasteiger charge is -2.38. The molecule has 0 spiro atoms. The minimum Gasteiger partial charge on any atom is -0.497 e. The number of aliphatic hydroxyl groups excluding tert-OH is 1. The van der Waals surface area contributed by atoms with Crippen LogP contribution in [0.1, 0.15) is 24.2 Å². The Hall–Kier alpha value is -3.66. The number of nitrogens with zero attached hydrogens (tertiary/aromatic N) is 4. The molecule has 1 aromatic heterocycles. The van der Waals surface area contributed by atoms with Gasteiger partial charge in [-0.2, -0.15) is 4.31 Å². The van der Waals surface area contributed by atoms with Crippen molar-refractivity contribution in [2.45, 2.75) is 35.9 Å². The number of likely N-dealkylation sites (N-methyl/N-ethyl adjacent to an activating group) is 1. The van der Waals surface area contributed by atoms with E-state index in [1.807, 2.05) is 6.92 Å². The van der Waals surface area contributed by atoms with Crippen LogP contribution in [0.5, 0.6) is 11.5 Å². The summed E-state index contributed by atoms with van der Waals surface area (Å²) in [5.74, 6) is -0.150. The molecule has 1 aliphatic rings. The van der Waals surface area contributed by atoms with Gasteiger partial charge >= 0.3 is 0 Å². The molecule has 2 N–H and O–H groups in total. The quantitative estimate of drug-likeness (QED) is 0.344. The van der Waals surface area contributed by atoms with Crippen LogP contribution < -0.4 is 14.2 Å². The van der Waals surface area contributed by atoms with Crippen LogP contribution in [0.15, 0.2) is 64.9 Å². The number of nitrogens with one attached hydrogen (secondary N) is 1. The molecular weight excluding hydrogens is 586 g/mol. The van der Waals surface area contributed by atoms with Gasteiger partial charge in [0.1, 0.15) is 17.6 Å². The van der Waals surface area contributed by atoms with Crippen molar-refractivity contribution in [1.82, 2.24) is 18.8 Å². The van der Waals surface area contributed by atoms with Crippen LogP contribution in [0.2, 0.25) is 0 Å². The van der Waals surface area contributed by atoms with Gasteiger partial charge in [0.15, 0.2) is 5.03 Å². The Kier molecular flexibility index (Phi) is 9.15. The number of benzene rings is 2. The highest BCUT2D eigenvalue weighted by atomic mass is 32.2. The number of aryl methyl sites for hydroxylation is 1. The van der Waals surface area contributed by atoms with Gasteiger partial charge in [0.05, 0.1) is 43.1 Å². The van der Waals surface area contributed by atoms with Crippen LogP contribution in [0, 0.1) is 5.92 Å². The molecule has 4 rings (SSSR count). The van der Waals surface area contributed by atoms with Crippen LogP contribution in [0.4, 0.5) is 5.69 Å². The molecule has 0 saturated carbocycles. The Bertz CT molecular complexity index is 1640. The number of methoxy groups -OCH3 is 1. The van der Waals surface area contributed by atoms with Crippen LogP contribution in [0.25, 0.3) is 0 Å². The largest absolute Gasteiger partial charge is 0.497 e. The van der Waals surface area contributed by atoms with E-state index >= 15 is 0 Å². The van der Waals surface area contributed by atoms with Crippen LogP contribution in [-0.2, 0) is 27.1 Å². The number of ether oxygens (including phenoxy) is 2. The average molecular weight is 622 g/mol. The summed E-state index contributed by atoms with van der Waals surface area (Å²) in [6, 6.07) is 9.58. The van der Waals surface area contributed by atoms with E-state index in [0.29, 0.717) is 5.75 Å². The molecule has 0 bridgehead atoms. The molecule has 0 aliphatic carbocycles. The number of carbonyl (C=O) groups excluding carboxylic acids is 1. The lowest BCUT2D eigenvalue weighted by Crippen LogP contribution is -2.50. The molecule has 13 nitrogen and oxygen atoms in total. The summed E-state index contributed by atoms with van der Waals surface area (Å²) in [5.41, 5.74) is 0.190. The fourth-order valence-corrected chi connectivity index (χ4v) is 6.70. The van der Waals surface area contributed by atoms with Crippen molar-refractivity contribution >= 4 is 31.6 Å². The zero-order chi connectivity index (χ0) is 30.8. The first-order chi connectivity index (χ1) is 19.8. The molecule has 1 aliphatic heterocycles. The maximum atomic E-state index is 13.7. The molecule has 0 radical (unpaired) electrons. The molecule has 0 unspecified atom stereocenters. The van der Waals surface area contributed by atoms with Crippen molar-refractivity contribution in [3.8, 4) is 11.5 Å². The summed E-state index contributed by atoms with van der Waals surface area (Å²) in [7, 11) is -3.36. The van der Waals surface area contributed by atoms with Crippen LogP contribution in [0.3, 0.4) is 0 Å². The molecule has 2 aromatic carbocycles. The predicted molar refractivity (Wildman–Crippen MR) is 154 cm³/mol. The van der Waals surface area contributed by atoms with Crippen molar-refractivity contribution in [3.05, 3.63) is 60.6 Å². The molecular formula is C27H35N5O8S2. The summed E-state index contributed by atoms with van der Waals surface area (Å²) in [6.07, 6.45) is 2.10. The Morgan fingerprint density at radius 3 is 2.48 bits per heavy atom. The Morgan fingerprint density at radius 2 is 1.88 bits per heavy atom. The summed E-state index contributed by atoms with van der Waals surface area (Å²) >= 11 is 0. The summed E-state index contributed by atoms with van der Waals surface area (Å²) < 4.78 is 68.9. The highest BCUT2D eigenvalue weighted by molar-refractivity contribution is 7.92. The highest BCUT2D eigenvalue weighted by Crippen LogP contribution is 2.32. The van der Waals surface area contributed by atoms with E-state index in [4.69, 9.17) is 9.47 Å². The lowest BCUT2D eigenvalue weighted by molar-refractivity contribution is 0.0387. The molecule has 42 heavy (non-hydrogen) atoms. The first-order valence-corrected chi connectivity index (χ1v) is 16.0. The van der Waals surface area contributed by atoms with Gasteiger partial charge in [-0.05, 0) is 49.4 Å². The SMILES string of the molecule is COc1ccc(S(=O)(=O)Nc2ccc3c(c2)C(=O)N([C@H](C)CO)C[C@@H](C)[C@H](CN(C)S(=O)(=O)c2cn(C)cn2)O3)cc1. The van der Waals surface area contributed by atoms with E-state index in [2.05, 4.69) is 9.71 Å². The second kappa shape index (κ2) is 12.3. The number of imidazole rings is 1. The van der Waals surface area contributed by atoms with Gasteiger partial charge in [-0.1, -0.05) is 6.92 Å². The molecule has 15 heteroatoms. The van der Waals surface area contributed by atoms with Gasteiger partial charge in [0.25, 0.3) is 26.0 Å². The predicted octanol–water partition coefficient (Wildman–Crippen LogP) is 1.77. The van der Waals surface area contributed by atoms with Crippen molar-refractivity contribution < 1.29 is 36.2 Å². The third-order valence-electron chi connectivity index (χ3n) is 7.08. The number of hydrogen-bond acceptors (Lipinski definition) is 9. The van der Waals surface area contributed by atoms with E-state index in [1.165, 1.54) is 78.6 Å². The zero-order valence-electron chi connectivity index (χ0n) is 24.0. The molecule has 3 atom stereocenters. The standard InChI is InChI=1S/C27H35N5O8S2/c1-18-13-32(19(2)16-33)27(34)23-12-20(29-41(35,36)22-9-7-21(39-5)8-10-22)6-11-24(23)40-25(18)14-31(4)42(37,38)26-15-30(3)17-28-26/h6-12,15,17-19,25,29,33H,13-14,16H2,1-5H3/t18-,19-,25+/m1/s1. The minimum absolute atomic E-state index is 0.000750. The number of rotatable bonds is 10. The number of anilines is 1. The summed E-state index contributed by atoms with van der Waals surface area (Å²) in [5, 5.41) is 9.79. The maximum Gasteiger partial charge on any atom is 0.261 e. The molecule has 228 valence electrons. The fraction of sp³-hybridized carbons (Fsp3) is 0.407. The van der Waals surface area contributed by atoms with Gasteiger partial charge in [0.2, 0.25) is 0 Å². The minimum atomic E-state index is -4.00. The van der Waals surface area contributed by atoms with Crippen molar-refractivity contribution in [2.75, 3.05) is 38.6 Å². The third-order valence-corrected chi connectivity index (χ3v) is 10.2. The number of hydrogen-bond donors (Lipinski definition) is 2. The molecule has 0 fully saturated rings. The van der Waals surface area contributed by atoms with Crippen molar-refractivity contribution in [3.63, 3.8) is 0 Å². The number of amides is 1. The van der Waals surface area contributed by atoms with Gasteiger partial charge in [-0.3, -0.25) is 9.52 Å². The topological polar surface area (TPSA) is 160 Å². The zero-order valence-corrected chi connectivity index (χ0v) is 25.6. The van der Waals surface area contributed by atoms with Crippen LogP contribution in [-0.4, -0.2) is 92.6 Å². The summed E-state index contributed by atoms with van der Waals surface area (Å²) in [6.45, 7) is 3.32. The normalized spacial score (nSPS) is 18.5. The van der Waals surface area contributed by atoms with Gasteiger partial charge in [0, 0.05) is 38.4 Å². The van der Waals surface area contributed by atoms with Gasteiger partial charge in [-0.15, -0.1) is 0 Å². The Labute approximate surface area is 245 Å². The van der Waals surface area contributed by atoms with E-state index < -0.39 is 38.1 Å². The first-order valence-electron chi connectivity index (χ1n) is 13.1. The number of sulfonamides is 2. The number of aromatic nitrogens is 2. The average Bonchev–Trinajstić information content (AvgIpc) is 3.41. The Morgan fingerprint density at radius 1 is 1.19 bits per heavy atom. The molecule has 0 saturated heterocycles. The number of aliphatic hydroxyl groups is 1. The first kappa shape index (κ1) is 31.3. The second-order valence-corrected chi connectivity index (χ2v) is 14.0. The molecule has 1 amide bonds. The van der Waals surface area contributed by atoms with E-state index in [9.17, 15) is 26.7 Å². The Balaban J connectivity index is 1.67. The van der Waals surface area contributed by atoms with Gasteiger partial charge in [-0.25, -0.2) is 21.8 Å². The van der Waals surface area contributed by atoms with Crippen molar-refractivity contribution in [1.29, 1.82) is 0 Å². The maximum absolute atomic E-state index is 13.7. The van der Waals surface area contributed by atoms with Crippen molar-refractivity contribution in [2.24, 2.45) is 13.0 Å². The van der Waals surface area contributed by atoms with Gasteiger partial charge < -0.3 is 24.0 Å². The smallest absolute Gasteiger partial charge is 0.261 e. The number of fused-ring (bicyclic) bond motifs is 1. The molecule has 3 aromatic rings. The molecule has 2 heterocycles. The summed E-state index contributed by atoms with van der Waals surface area (Å²) in [4.78, 5) is 19.1. The third kappa shape index (κ3) is 6.53. The van der Waals surface area contributed by atoms with E-state index in [-0.39, 0.29) is 52.5 Å². The highest BCUT2D eigenvalue weighted by Gasteiger charge is 2.36.